The quantitative estimate of drug-likeness (QED) is 0.184. The van der Waals surface area contributed by atoms with Crippen molar-refractivity contribution in [3.8, 4) is 11.1 Å². The first-order valence-electron chi connectivity index (χ1n) is 15.4. The number of hydrogen-bond donors (Lipinski definition) is 2. The molecule has 0 unspecified atom stereocenters. The normalized spacial score (nSPS) is 16.5. The number of ether oxygens (including phenoxy) is 1. The molecule has 4 aromatic carbocycles. The highest BCUT2D eigenvalue weighted by Gasteiger charge is 2.22. The second-order valence-corrected chi connectivity index (χ2v) is 14.0. The first kappa shape index (κ1) is 31.4. The van der Waals surface area contributed by atoms with Crippen LogP contribution in [0.15, 0.2) is 91.0 Å². The van der Waals surface area contributed by atoms with Crippen molar-refractivity contribution < 1.29 is 22.8 Å². The fourth-order valence-electron chi connectivity index (χ4n) is 5.67. The Hall–Kier alpha value is -4.58. The highest BCUT2D eigenvalue weighted by molar-refractivity contribution is 7.91. The van der Waals surface area contributed by atoms with Crippen molar-refractivity contribution in [1.82, 2.24) is 4.90 Å². The van der Waals surface area contributed by atoms with E-state index in [2.05, 4.69) is 20.5 Å². The number of carbonyl (C=O) groups excluding carboxylic acids is 1. The van der Waals surface area contributed by atoms with Crippen molar-refractivity contribution in [1.29, 1.82) is 0 Å². The van der Waals surface area contributed by atoms with Crippen LogP contribution in [0.4, 0.5) is 22.7 Å². The molecule has 0 saturated carbocycles. The minimum Gasteiger partial charge on any atom is -0.378 e. The largest absolute Gasteiger partial charge is 0.378 e. The fourth-order valence-corrected chi connectivity index (χ4v) is 6.95. The highest BCUT2D eigenvalue weighted by atomic mass is 32.2. The third-order valence-corrected chi connectivity index (χ3v) is 10.1. The minimum atomic E-state index is -2.90. The molecule has 0 aliphatic carbocycles. The van der Waals surface area contributed by atoms with Gasteiger partial charge in [0.2, 0.25) is 0 Å². The Bertz CT molecular complexity index is 1790. The Kier molecular flexibility index (Phi) is 9.43. The van der Waals surface area contributed by atoms with E-state index >= 15 is 0 Å². The zero-order valence-electron chi connectivity index (χ0n) is 25.8. The van der Waals surface area contributed by atoms with Crippen molar-refractivity contribution in [3.63, 3.8) is 0 Å². The van der Waals surface area contributed by atoms with E-state index in [1.807, 2.05) is 85.8 Å². The Morgan fingerprint density at radius 2 is 1.48 bits per heavy atom. The molecule has 10 nitrogen and oxygen atoms in total. The van der Waals surface area contributed by atoms with Crippen LogP contribution in [0.1, 0.15) is 21.5 Å². The molecule has 0 spiro atoms. The monoisotopic (exact) mass is 640 g/mol. The van der Waals surface area contributed by atoms with Gasteiger partial charge in [-0.15, -0.1) is 5.43 Å². The minimum absolute atomic E-state index is 0.200. The van der Waals surface area contributed by atoms with Crippen LogP contribution in [-0.2, 0) is 21.1 Å². The molecule has 2 fully saturated rings. The van der Waals surface area contributed by atoms with Gasteiger partial charge in [0, 0.05) is 61.8 Å². The summed E-state index contributed by atoms with van der Waals surface area (Å²) in [7, 11) is -2.90. The molecule has 0 bridgehead atoms. The molecule has 4 aromatic rings. The lowest BCUT2D eigenvalue weighted by atomic mass is 9.98. The summed E-state index contributed by atoms with van der Waals surface area (Å²) in [5, 5.41) is 2.95. The number of morpholine rings is 1. The van der Waals surface area contributed by atoms with Gasteiger partial charge in [0.05, 0.1) is 29.6 Å². The van der Waals surface area contributed by atoms with Crippen molar-refractivity contribution >= 4 is 38.5 Å². The zero-order chi connectivity index (χ0) is 32.1. The number of hydrazine groups is 1. The maximum absolute atomic E-state index is 13.0. The second-order valence-electron chi connectivity index (χ2n) is 11.7. The number of benzene rings is 4. The average Bonchev–Trinajstić information content (AvgIpc) is 3.08. The number of nitrogens with one attached hydrogen (secondary N) is 2. The van der Waals surface area contributed by atoms with Gasteiger partial charge in [0.1, 0.15) is 5.69 Å². The number of hydrogen-bond acceptors (Lipinski definition) is 7. The number of aryl methyl sites for hydroxylation is 1. The van der Waals surface area contributed by atoms with Gasteiger partial charge in [-0.25, -0.2) is 8.42 Å². The molecule has 0 aromatic heterocycles. The summed E-state index contributed by atoms with van der Waals surface area (Å²) >= 11 is 0. The molecule has 2 N–H and O–H groups in total. The van der Waals surface area contributed by atoms with Crippen LogP contribution < -0.4 is 15.6 Å². The maximum atomic E-state index is 13.0. The number of nitroso groups, excluding NO2 is 1. The molecule has 2 aliphatic rings. The molecule has 2 saturated heterocycles. The topological polar surface area (TPSA) is 111 Å². The molecule has 6 rings (SSSR count). The first-order valence-corrected chi connectivity index (χ1v) is 17.3. The fraction of sp³-hybridized carbons (Fsp3) is 0.286. The highest BCUT2D eigenvalue weighted by Crippen LogP contribution is 2.28. The van der Waals surface area contributed by atoms with Crippen molar-refractivity contribution in [2.24, 2.45) is 0 Å². The Balaban J connectivity index is 1.05. The summed E-state index contributed by atoms with van der Waals surface area (Å²) in [6, 6.07) is 28.3. The first-order chi connectivity index (χ1) is 22.2. The van der Waals surface area contributed by atoms with Crippen molar-refractivity contribution in [2.45, 2.75) is 13.5 Å². The van der Waals surface area contributed by atoms with E-state index in [1.54, 1.807) is 12.1 Å². The molecule has 238 valence electrons. The van der Waals surface area contributed by atoms with Crippen LogP contribution in [0.3, 0.4) is 0 Å². The Morgan fingerprint density at radius 3 is 2.15 bits per heavy atom. The number of nitrogens with zero attached hydrogens (tertiary/aromatic N) is 3. The van der Waals surface area contributed by atoms with E-state index in [-0.39, 0.29) is 17.4 Å². The lowest BCUT2D eigenvalue weighted by Gasteiger charge is -2.28. The molecule has 46 heavy (non-hydrogen) atoms. The number of amides is 1. The smallest absolute Gasteiger partial charge is 0.292 e. The Labute approximate surface area is 269 Å². The van der Waals surface area contributed by atoms with Crippen LogP contribution >= 0.6 is 0 Å². The predicted molar refractivity (Wildman–Crippen MR) is 181 cm³/mol. The van der Waals surface area contributed by atoms with Crippen molar-refractivity contribution in [2.75, 3.05) is 66.5 Å². The summed E-state index contributed by atoms with van der Waals surface area (Å²) < 4.78 is 28.8. The number of sulfone groups is 1. The molecule has 0 radical (unpaired) electrons. The summed E-state index contributed by atoms with van der Waals surface area (Å²) in [5.74, 6) is 0.187. The predicted octanol–water partition coefficient (Wildman–Crippen LogP) is 5.42. The molecule has 1 amide bonds. The third-order valence-electron chi connectivity index (χ3n) is 8.44. The van der Waals surface area contributed by atoms with Crippen LogP contribution in [0, 0.1) is 11.8 Å². The van der Waals surface area contributed by atoms with E-state index < -0.39 is 9.84 Å². The molecule has 0 atom stereocenters. The Morgan fingerprint density at radius 1 is 0.826 bits per heavy atom. The lowest BCUT2D eigenvalue weighted by molar-refractivity contribution is -0.427. The molecule has 11 heteroatoms. The standard InChI is InChI=1S/C35H37N5O5S/c1-26-2-9-31(37-40(42)33-14-12-32(13-15-33)39-16-20-45-21-17-39)24-34(26)28-5-7-29(8-6-28)35(41)36-30-10-3-27(4-11-30)25-38-18-22-46(43,44)23-19-38/h2-15,24H,16-23,25H2,1H3,(H-,36,37,41,42)/p+1. The summed E-state index contributed by atoms with van der Waals surface area (Å²) in [6.07, 6.45) is 0. The van der Waals surface area contributed by atoms with Crippen LogP contribution in [0.2, 0.25) is 0 Å². The SMILES string of the molecule is Cc1ccc(N[N+](=O)c2ccc(N3CCOCC3)cc2)cc1-c1ccc(C(=O)Nc2ccc(CN3CCS(=O)(=O)CC3)cc2)cc1. The lowest BCUT2D eigenvalue weighted by Crippen LogP contribution is -2.39. The van der Waals surface area contributed by atoms with E-state index in [1.165, 1.54) is 0 Å². The van der Waals surface area contributed by atoms with Gasteiger partial charge < -0.3 is 15.0 Å². The van der Waals surface area contributed by atoms with E-state index in [4.69, 9.17) is 4.74 Å². The zero-order valence-corrected chi connectivity index (χ0v) is 26.6. The van der Waals surface area contributed by atoms with Crippen LogP contribution in [0.25, 0.3) is 11.1 Å². The third kappa shape index (κ3) is 7.79. The molecular weight excluding hydrogens is 602 g/mol. The van der Waals surface area contributed by atoms with E-state index in [0.717, 1.165) is 45.9 Å². The maximum Gasteiger partial charge on any atom is 0.292 e. The van der Waals surface area contributed by atoms with Gasteiger partial charge >= 0.3 is 0 Å². The van der Waals surface area contributed by atoms with Crippen molar-refractivity contribution in [3.05, 3.63) is 113 Å². The van der Waals surface area contributed by atoms with Crippen LogP contribution in [-0.4, -0.2) is 75.0 Å². The van der Waals surface area contributed by atoms with Gasteiger partial charge in [-0.05, 0) is 77.7 Å². The molecule has 2 heterocycles. The summed E-state index contributed by atoms with van der Waals surface area (Å²) in [5.41, 5.74) is 10.4. The number of rotatable bonds is 9. The molecular formula is C35H38N5O5S+. The summed E-state index contributed by atoms with van der Waals surface area (Å²) in [4.78, 5) is 31.1. The van der Waals surface area contributed by atoms with Gasteiger partial charge in [0.25, 0.3) is 11.6 Å². The van der Waals surface area contributed by atoms with Gasteiger partial charge in [-0.1, -0.05) is 30.3 Å². The second kappa shape index (κ2) is 13.8. The van der Waals surface area contributed by atoms with Gasteiger partial charge in [0.15, 0.2) is 14.7 Å². The van der Waals surface area contributed by atoms with Gasteiger partial charge in [-0.2, -0.15) is 0 Å². The van der Waals surface area contributed by atoms with Crippen LogP contribution in [0.5, 0.6) is 0 Å². The van der Waals surface area contributed by atoms with E-state index in [9.17, 15) is 18.1 Å². The molecule has 2 aliphatic heterocycles. The number of anilines is 3. The van der Waals surface area contributed by atoms with Gasteiger partial charge in [-0.3, -0.25) is 9.69 Å². The summed E-state index contributed by atoms with van der Waals surface area (Å²) in [6.45, 7) is 6.85. The average molecular weight is 641 g/mol. The van der Waals surface area contributed by atoms with E-state index in [0.29, 0.717) is 55.5 Å². The number of carbonyl (C=O) groups is 1.